The number of carbonyl (C=O) groups is 2. The molecule has 0 fully saturated rings. The summed E-state index contributed by atoms with van der Waals surface area (Å²) in [5.41, 5.74) is 2.71. The van der Waals surface area contributed by atoms with Crippen LogP contribution in [0.4, 0.5) is 5.69 Å². The normalized spacial score (nSPS) is 15.9. The predicted octanol–water partition coefficient (Wildman–Crippen LogP) is 4.20. The van der Waals surface area contributed by atoms with Crippen molar-refractivity contribution < 1.29 is 9.59 Å². The number of nitrogens with one attached hydrogen (secondary N) is 1. The number of rotatable bonds is 5. The molecule has 28 heavy (non-hydrogen) atoms. The van der Waals surface area contributed by atoms with Gasteiger partial charge in [0, 0.05) is 17.6 Å². The van der Waals surface area contributed by atoms with Gasteiger partial charge in [0.05, 0.1) is 11.3 Å². The van der Waals surface area contributed by atoms with Gasteiger partial charge in [-0.2, -0.15) is 0 Å². The first kappa shape index (κ1) is 18.7. The molecule has 2 aliphatic rings. The number of aromatic nitrogens is 1. The van der Waals surface area contributed by atoms with E-state index in [2.05, 4.69) is 16.4 Å². The van der Waals surface area contributed by atoms with Crippen molar-refractivity contribution in [2.24, 2.45) is 0 Å². The predicted molar refractivity (Wildman–Crippen MR) is 111 cm³/mol. The summed E-state index contributed by atoms with van der Waals surface area (Å²) in [4.78, 5) is 32.6. The summed E-state index contributed by atoms with van der Waals surface area (Å²) >= 11 is 1.46. The van der Waals surface area contributed by atoms with E-state index < -0.39 is 0 Å². The molecule has 2 aromatic rings. The Bertz CT molecular complexity index is 926. The summed E-state index contributed by atoms with van der Waals surface area (Å²) in [7, 11) is 0. The number of anilines is 1. The van der Waals surface area contributed by atoms with Gasteiger partial charge >= 0.3 is 0 Å². The summed E-state index contributed by atoms with van der Waals surface area (Å²) in [6, 6.07) is 11.2. The van der Waals surface area contributed by atoms with Crippen molar-refractivity contribution in [1.82, 2.24) is 10.3 Å². The molecule has 6 heteroatoms. The maximum absolute atomic E-state index is 13.1. The van der Waals surface area contributed by atoms with E-state index in [-0.39, 0.29) is 18.4 Å². The standard InChI is InChI=1S/C22H23N3O2S/c26-20(23-14-12-16-7-2-1-3-8-16)15-25-18-10-4-5-11-19(18)28-21-17(22(25)27)9-6-13-24-21/h4-7,9-11,13H,1-3,8,12,14-15H2,(H,23,26). The van der Waals surface area contributed by atoms with Gasteiger partial charge in [-0.05, 0) is 56.4 Å². The summed E-state index contributed by atoms with van der Waals surface area (Å²) < 4.78 is 0. The molecule has 4 rings (SSSR count). The lowest BCUT2D eigenvalue weighted by Crippen LogP contribution is -2.41. The summed E-state index contributed by atoms with van der Waals surface area (Å²) in [6.45, 7) is 0.616. The molecule has 1 N–H and O–H groups in total. The molecule has 0 atom stereocenters. The van der Waals surface area contributed by atoms with Crippen LogP contribution in [0.3, 0.4) is 0 Å². The fourth-order valence-electron chi connectivity index (χ4n) is 3.61. The molecule has 0 saturated carbocycles. The van der Waals surface area contributed by atoms with E-state index in [0.29, 0.717) is 17.1 Å². The number of carbonyl (C=O) groups excluding carboxylic acids is 2. The molecule has 0 spiro atoms. The smallest absolute Gasteiger partial charge is 0.261 e. The average Bonchev–Trinajstić information content (AvgIpc) is 2.84. The van der Waals surface area contributed by atoms with Crippen molar-refractivity contribution in [3.63, 3.8) is 0 Å². The minimum atomic E-state index is -0.189. The quantitative estimate of drug-likeness (QED) is 0.774. The third-order valence-electron chi connectivity index (χ3n) is 5.06. The van der Waals surface area contributed by atoms with Crippen LogP contribution in [0.25, 0.3) is 0 Å². The maximum Gasteiger partial charge on any atom is 0.261 e. The second-order valence-corrected chi connectivity index (χ2v) is 8.06. The van der Waals surface area contributed by atoms with Crippen molar-refractivity contribution in [1.29, 1.82) is 0 Å². The Balaban J connectivity index is 1.48. The molecule has 0 saturated heterocycles. The molecule has 0 bridgehead atoms. The Morgan fingerprint density at radius 3 is 2.93 bits per heavy atom. The molecule has 1 aromatic heterocycles. The number of hydrogen-bond acceptors (Lipinski definition) is 4. The number of pyridine rings is 1. The minimum Gasteiger partial charge on any atom is -0.354 e. The molecule has 1 aliphatic carbocycles. The SMILES string of the molecule is O=C(CN1C(=O)c2cccnc2Sc2ccccc21)NCCC1=CCCCC1. The first-order valence-corrected chi connectivity index (χ1v) is 10.5. The van der Waals surface area contributed by atoms with Crippen LogP contribution in [0.1, 0.15) is 42.5 Å². The van der Waals surface area contributed by atoms with Gasteiger partial charge in [-0.3, -0.25) is 14.5 Å². The molecule has 5 nitrogen and oxygen atoms in total. The van der Waals surface area contributed by atoms with Crippen molar-refractivity contribution in [2.75, 3.05) is 18.0 Å². The Morgan fingerprint density at radius 1 is 1.18 bits per heavy atom. The van der Waals surface area contributed by atoms with E-state index in [4.69, 9.17) is 0 Å². The monoisotopic (exact) mass is 393 g/mol. The van der Waals surface area contributed by atoms with Crippen LogP contribution in [0.15, 0.2) is 64.2 Å². The molecule has 144 valence electrons. The number of allylic oxidation sites excluding steroid dienone is 1. The highest BCUT2D eigenvalue weighted by Crippen LogP contribution is 2.39. The van der Waals surface area contributed by atoms with E-state index in [0.717, 1.165) is 29.8 Å². The van der Waals surface area contributed by atoms with Gasteiger partial charge in [0.15, 0.2) is 0 Å². The third-order valence-corrected chi connectivity index (χ3v) is 6.15. The summed E-state index contributed by atoms with van der Waals surface area (Å²) in [5, 5.41) is 3.65. The van der Waals surface area contributed by atoms with Gasteiger partial charge in [-0.1, -0.05) is 35.5 Å². The summed E-state index contributed by atoms with van der Waals surface area (Å²) in [5.74, 6) is -0.331. The van der Waals surface area contributed by atoms with Crippen molar-refractivity contribution in [2.45, 2.75) is 42.0 Å². The highest BCUT2D eigenvalue weighted by atomic mass is 32.2. The fraction of sp³-hybridized carbons (Fsp3) is 0.318. The largest absolute Gasteiger partial charge is 0.354 e. The lowest BCUT2D eigenvalue weighted by Gasteiger charge is -2.22. The number of fused-ring (bicyclic) bond motifs is 2. The zero-order valence-corrected chi connectivity index (χ0v) is 16.5. The van der Waals surface area contributed by atoms with Crippen LogP contribution in [0.5, 0.6) is 0 Å². The number of hydrogen-bond donors (Lipinski definition) is 1. The second-order valence-electron chi connectivity index (χ2n) is 7.03. The molecule has 0 unspecified atom stereocenters. The van der Waals surface area contributed by atoms with Crippen LogP contribution in [-0.4, -0.2) is 29.9 Å². The van der Waals surface area contributed by atoms with Crippen LogP contribution < -0.4 is 10.2 Å². The molecular weight excluding hydrogens is 370 g/mol. The van der Waals surface area contributed by atoms with Gasteiger partial charge in [-0.25, -0.2) is 4.98 Å². The zero-order chi connectivity index (χ0) is 19.3. The van der Waals surface area contributed by atoms with E-state index >= 15 is 0 Å². The first-order chi connectivity index (χ1) is 13.7. The van der Waals surface area contributed by atoms with Gasteiger partial charge in [0.1, 0.15) is 11.6 Å². The van der Waals surface area contributed by atoms with Crippen LogP contribution in [0.2, 0.25) is 0 Å². The van der Waals surface area contributed by atoms with Gasteiger partial charge in [0.2, 0.25) is 5.91 Å². The molecule has 2 amide bonds. The number of benzene rings is 1. The van der Waals surface area contributed by atoms with Gasteiger partial charge in [-0.15, -0.1) is 0 Å². The highest BCUT2D eigenvalue weighted by molar-refractivity contribution is 7.99. The highest BCUT2D eigenvalue weighted by Gasteiger charge is 2.29. The van der Waals surface area contributed by atoms with E-state index in [9.17, 15) is 9.59 Å². The van der Waals surface area contributed by atoms with E-state index in [1.165, 1.54) is 30.2 Å². The van der Waals surface area contributed by atoms with Crippen molar-refractivity contribution in [3.8, 4) is 0 Å². The summed E-state index contributed by atoms with van der Waals surface area (Å²) in [6.07, 6.45) is 9.65. The average molecular weight is 394 g/mol. The third kappa shape index (κ3) is 4.12. The fourth-order valence-corrected chi connectivity index (χ4v) is 4.63. The van der Waals surface area contributed by atoms with Crippen LogP contribution >= 0.6 is 11.8 Å². The Hall–Kier alpha value is -2.60. The van der Waals surface area contributed by atoms with E-state index in [1.54, 1.807) is 23.2 Å². The molecule has 1 aliphatic heterocycles. The van der Waals surface area contributed by atoms with Gasteiger partial charge in [0.25, 0.3) is 5.91 Å². The number of amides is 2. The second kappa shape index (κ2) is 8.61. The first-order valence-electron chi connectivity index (χ1n) is 9.71. The van der Waals surface area contributed by atoms with Crippen molar-refractivity contribution >= 4 is 29.3 Å². The topological polar surface area (TPSA) is 62.3 Å². The maximum atomic E-state index is 13.1. The Morgan fingerprint density at radius 2 is 2.07 bits per heavy atom. The molecule has 2 heterocycles. The lowest BCUT2D eigenvalue weighted by atomic mass is 9.97. The van der Waals surface area contributed by atoms with Crippen LogP contribution in [-0.2, 0) is 4.79 Å². The molecule has 0 radical (unpaired) electrons. The number of nitrogens with zero attached hydrogens (tertiary/aromatic N) is 2. The minimum absolute atomic E-state index is 0.00376. The Labute approximate surface area is 169 Å². The van der Waals surface area contributed by atoms with Crippen molar-refractivity contribution in [3.05, 3.63) is 59.8 Å². The molecule has 1 aromatic carbocycles. The lowest BCUT2D eigenvalue weighted by molar-refractivity contribution is -0.119. The van der Waals surface area contributed by atoms with Gasteiger partial charge < -0.3 is 5.32 Å². The van der Waals surface area contributed by atoms with Crippen LogP contribution in [0, 0.1) is 0 Å². The van der Waals surface area contributed by atoms with E-state index in [1.807, 2.05) is 24.3 Å². The number of para-hydroxylation sites is 1. The zero-order valence-electron chi connectivity index (χ0n) is 15.7. The Kier molecular flexibility index (Phi) is 5.76. The molecular formula is C22H23N3O2S.